The Kier molecular flexibility index (Phi) is 3.43. The molecule has 0 radical (unpaired) electrons. The molecule has 5 rings (SSSR count). The summed E-state index contributed by atoms with van der Waals surface area (Å²) in [4.78, 5) is 9.06. The molecule has 5 heteroatoms. The van der Waals surface area contributed by atoms with Crippen molar-refractivity contribution in [2.45, 2.75) is 0 Å². The molecule has 0 spiro atoms. The lowest BCUT2D eigenvalue weighted by molar-refractivity contribution is 1.10. The van der Waals surface area contributed by atoms with Gasteiger partial charge in [0, 0.05) is 39.7 Å². The maximum absolute atomic E-state index is 6.01. The molecule has 0 saturated carbocycles. The second kappa shape index (κ2) is 5.93. The lowest BCUT2D eigenvalue weighted by Crippen LogP contribution is -1.85. The van der Waals surface area contributed by atoms with Crippen LogP contribution in [0.25, 0.3) is 34.3 Å². The maximum Gasteiger partial charge on any atom is 0.0971 e. The van der Waals surface area contributed by atoms with Gasteiger partial charge in [0.25, 0.3) is 0 Å². The quantitative estimate of drug-likeness (QED) is 0.479. The summed E-state index contributed by atoms with van der Waals surface area (Å²) in [6, 6.07) is 15.8. The predicted octanol–water partition coefficient (Wildman–Crippen LogP) is 5.09. The molecule has 26 heavy (non-hydrogen) atoms. The largest absolute Gasteiger partial charge is 0.277 e. The van der Waals surface area contributed by atoms with Crippen LogP contribution in [0, 0.1) is 0 Å². The second-order valence-corrected chi connectivity index (χ2v) is 6.50. The van der Waals surface area contributed by atoms with Gasteiger partial charge < -0.3 is 0 Å². The third kappa shape index (κ3) is 2.35. The number of aromatic nitrogens is 4. The van der Waals surface area contributed by atoms with Crippen molar-refractivity contribution in [1.29, 1.82) is 0 Å². The van der Waals surface area contributed by atoms with E-state index in [1.54, 1.807) is 12.4 Å². The molecular weight excluding hydrogens is 344 g/mol. The Morgan fingerprint density at radius 1 is 0.846 bits per heavy atom. The molecule has 0 atom stereocenters. The summed E-state index contributed by atoms with van der Waals surface area (Å²) in [5.74, 6) is 0. The Balaban J connectivity index is 1.69. The molecule has 0 aliphatic heterocycles. The van der Waals surface area contributed by atoms with E-state index in [1.165, 1.54) is 0 Å². The van der Waals surface area contributed by atoms with E-state index >= 15 is 0 Å². The number of H-pyrrole nitrogens is 1. The zero-order valence-electron chi connectivity index (χ0n) is 13.6. The highest BCUT2D eigenvalue weighted by Crippen LogP contribution is 2.42. The summed E-state index contributed by atoms with van der Waals surface area (Å²) in [6.45, 7) is 0. The van der Waals surface area contributed by atoms with Gasteiger partial charge in [-0.05, 0) is 35.9 Å². The van der Waals surface area contributed by atoms with Gasteiger partial charge in [0.05, 0.1) is 23.3 Å². The monoisotopic (exact) mass is 356 g/mol. The maximum atomic E-state index is 6.01. The highest BCUT2D eigenvalue weighted by atomic mass is 35.5. The minimum Gasteiger partial charge on any atom is -0.277 e. The van der Waals surface area contributed by atoms with Gasteiger partial charge in [-0.2, -0.15) is 5.10 Å². The van der Waals surface area contributed by atoms with Crippen LogP contribution in [-0.2, 0) is 0 Å². The average molecular weight is 357 g/mol. The highest BCUT2D eigenvalue weighted by molar-refractivity contribution is 6.30. The van der Waals surface area contributed by atoms with Crippen LogP contribution < -0.4 is 0 Å². The lowest BCUT2D eigenvalue weighted by atomic mass is 10.0. The van der Waals surface area contributed by atoms with Gasteiger partial charge in [-0.25, -0.2) is 0 Å². The third-order valence-electron chi connectivity index (χ3n) is 4.52. The van der Waals surface area contributed by atoms with Gasteiger partial charge in [0.15, 0.2) is 0 Å². The van der Waals surface area contributed by atoms with E-state index in [0.717, 1.165) is 44.9 Å². The van der Waals surface area contributed by atoms with Crippen molar-refractivity contribution in [2.75, 3.05) is 0 Å². The van der Waals surface area contributed by atoms with Crippen molar-refractivity contribution in [3.8, 4) is 22.6 Å². The van der Waals surface area contributed by atoms with Crippen molar-refractivity contribution >= 4 is 23.3 Å². The number of benzene rings is 1. The van der Waals surface area contributed by atoms with E-state index in [0.29, 0.717) is 5.02 Å². The van der Waals surface area contributed by atoms with Crippen molar-refractivity contribution in [1.82, 2.24) is 20.2 Å². The smallest absolute Gasteiger partial charge is 0.0971 e. The molecule has 1 aliphatic carbocycles. The van der Waals surface area contributed by atoms with Gasteiger partial charge in [0.2, 0.25) is 0 Å². The molecule has 4 nitrogen and oxygen atoms in total. The summed E-state index contributed by atoms with van der Waals surface area (Å²) in [5.41, 5.74) is 8.12. The van der Waals surface area contributed by atoms with Gasteiger partial charge in [0.1, 0.15) is 0 Å². The van der Waals surface area contributed by atoms with Crippen molar-refractivity contribution in [3.63, 3.8) is 0 Å². The Morgan fingerprint density at radius 2 is 1.50 bits per heavy atom. The fourth-order valence-electron chi connectivity index (χ4n) is 3.33. The van der Waals surface area contributed by atoms with Crippen molar-refractivity contribution in [2.24, 2.45) is 0 Å². The summed E-state index contributed by atoms with van der Waals surface area (Å²) >= 11 is 6.01. The predicted molar refractivity (Wildman–Crippen MR) is 103 cm³/mol. The van der Waals surface area contributed by atoms with Crippen LogP contribution in [-0.4, -0.2) is 20.2 Å². The van der Waals surface area contributed by atoms with E-state index < -0.39 is 0 Å². The molecule has 3 heterocycles. The second-order valence-electron chi connectivity index (χ2n) is 6.06. The fraction of sp³-hybridized carbons (Fsp3) is 0. The summed E-state index contributed by atoms with van der Waals surface area (Å²) in [7, 11) is 0. The summed E-state index contributed by atoms with van der Waals surface area (Å²) in [6.07, 6.45) is 7.58. The molecular formula is C21H13ClN4. The van der Waals surface area contributed by atoms with Crippen LogP contribution in [0.4, 0.5) is 0 Å². The van der Waals surface area contributed by atoms with Gasteiger partial charge >= 0.3 is 0 Å². The number of nitrogens with one attached hydrogen (secondary N) is 1. The Morgan fingerprint density at radius 3 is 2.15 bits per heavy atom. The minimum absolute atomic E-state index is 0.712. The molecule has 0 bridgehead atoms. The Labute approximate surface area is 155 Å². The van der Waals surface area contributed by atoms with Crippen LogP contribution in [0.2, 0.25) is 5.02 Å². The molecule has 0 fully saturated rings. The topological polar surface area (TPSA) is 54.5 Å². The van der Waals surface area contributed by atoms with Crippen LogP contribution in [0.1, 0.15) is 16.7 Å². The van der Waals surface area contributed by atoms with E-state index in [1.807, 2.05) is 42.6 Å². The average Bonchev–Trinajstić information content (AvgIpc) is 3.27. The molecule has 0 unspecified atom stereocenters. The van der Waals surface area contributed by atoms with Gasteiger partial charge in [-0.15, -0.1) is 0 Å². The van der Waals surface area contributed by atoms with Crippen LogP contribution in [0.15, 0.2) is 67.1 Å². The van der Waals surface area contributed by atoms with Gasteiger partial charge in [-0.1, -0.05) is 35.9 Å². The molecule has 4 aromatic rings. The number of rotatable bonds is 2. The first-order valence-corrected chi connectivity index (χ1v) is 8.61. The van der Waals surface area contributed by atoms with E-state index in [-0.39, 0.29) is 0 Å². The molecule has 3 aromatic heterocycles. The van der Waals surface area contributed by atoms with E-state index in [4.69, 9.17) is 11.6 Å². The zero-order valence-corrected chi connectivity index (χ0v) is 14.4. The van der Waals surface area contributed by atoms with Crippen molar-refractivity contribution in [3.05, 3.63) is 88.8 Å². The Bertz CT molecular complexity index is 1100. The minimum atomic E-state index is 0.712. The van der Waals surface area contributed by atoms with Crippen LogP contribution in [0.5, 0.6) is 0 Å². The van der Waals surface area contributed by atoms with Crippen LogP contribution >= 0.6 is 11.6 Å². The highest BCUT2D eigenvalue weighted by Gasteiger charge is 2.25. The SMILES string of the molecule is Clc1ccc(-c2[nH]ncc2C=C2c3cccnc3-c3ncccc32)cc1. The number of hydrogen-bond acceptors (Lipinski definition) is 3. The summed E-state index contributed by atoms with van der Waals surface area (Å²) < 4.78 is 0. The van der Waals surface area contributed by atoms with E-state index in [9.17, 15) is 0 Å². The number of pyridine rings is 2. The molecule has 0 amide bonds. The number of hydrogen-bond donors (Lipinski definition) is 1. The summed E-state index contributed by atoms with van der Waals surface area (Å²) in [5, 5.41) is 8.05. The molecule has 1 aliphatic rings. The number of fused-ring (bicyclic) bond motifs is 3. The standard InChI is InChI=1S/C21H13ClN4/c22-15-7-5-13(6-8-15)19-14(12-25-26-19)11-18-16-3-1-9-23-20(16)21-17(18)4-2-10-24-21/h1-12H,(H,25,26). The first kappa shape index (κ1) is 15.0. The first-order valence-electron chi connectivity index (χ1n) is 8.23. The Hall–Kier alpha value is -3.24. The molecule has 1 aromatic carbocycles. The fourth-order valence-corrected chi connectivity index (χ4v) is 3.46. The first-order chi connectivity index (χ1) is 12.8. The lowest BCUT2D eigenvalue weighted by Gasteiger charge is -2.04. The molecule has 0 saturated heterocycles. The van der Waals surface area contributed by atoms with E-state index in [2.05, 4.69) is 38.4 Å². The molecule has 1 N–H and O–H groups in total. The van der Waals surface area contributed by atoms with Crippen LogP contribution in [0.3, 0.4) is 0 Å². The molecule has 124 valence electrons. The third-order valence-corrected chi connectivity index (χ3v) is 4.77. The zero-order chi connectivity index (χ0) is 17.5. The van der Waals surface area contributed by atoms with Crippen molar-refractivity contribution < 1.29 is 0 Å². The number of nitrogens with zero attached hydrogens (tertiary/aromatic N) is 3. The normalized spacial score (nSPS) is 12.0. The number of halogens is 1. The van der Waals surface area contributed by atoms with Gasteiger partial charge in [-0.3, -0.25) is 15.1 Å². The number of aromatic amines is 1.